The Hall–Kier alpha value is -6.61. The average Bonchev–Trinajstić information content (AvgIpc) is 3.70. The molecule has 1 aliphatic heterocycles. The van der Waals surface area contributed by atoms with Crippen molar-refractivity contribution in [2.45, 2.75) is 34.5 Å². The molecular formula is C56H39NS. The molecule has 0 saturated carbocycles. The lowest BCUT2D eigenvalue weighted by atomic mass is 9.65. The van der Waals surface area contributed by atoms with E-state index in [0.717, 1.165) is 11.4 Å². The highest BCUT2D eigenvalue weighted by molar-refractivity contribution is 7.99. The van der Waals surface area contributed by atoms with Gasteiger partial charge in [-0.1, -0.05) is 189 Å². The summed E-state index contributed by atoms with van der Waals surface area (Å²) in [5.74, 6) is 0. The second-order valence-corrected chi connectivity index (χ2v) is 17.5. The van der Waals surface area contributed by atoms with Crippen LogP contribution in [0.25, 0.3) is 44.2 Å². The van der Waals surface area contributed by atoms with E-state index in [4.69, 9.17) is 0 Å². The number of anilines is 3. The van der Waals surface area contributed by atoms with Crippen molar-refractivity contribution in [2.75, 3.05) is 4.90 Å². The number of hydrogen-bond acceptors (Lipinski definition) is 2. The van der Waals surface area contributed by atoms with Gasteiger partial charge in [0.15, 0.2) is 0 Å². The Morgan fingerprint density at radius 3 is 1.86 bits per heavy atom. The highest BCUT2D eigenvalue weighted by atomic mass is 32.2. The largest absolute Gasteiger partial charge is 0.310 e. The van der Waals surface area contributed by atoms with Crippen molar-refractivity contribution in [3.8, 4) is 33.4 Å². The molecule has 1 atom stereocenters. The fourth-order valence-corrected chi connectivity index (χ4v) is 11.9. The molecule has 12 rings (SSSR count). The molecule has 1 nitrogen and oxygen atoms in total. The number of hydrogen-bond donors (Lipinski definition) is 0. The van der Waals surface area contributed by atoms with Crippen molar-refractivity contribution in [2.24, 2.45) is 0 Å². The van der Waals surface area contributed by atoms with Crippen LogP contribution in [0.15, 0.2) is 210 Å². The van der Waals surface area contributed by atoms with Crippen LogP contribution >= 0.6 is 11.8 Å². The number of fused-ring (bicyclic) bond motifs is 14. The van der Waals surface area contributed by atoms with Crippen molar-refractivity contribution in [1.82, 2.24) is 0 Å². The van der Waals surface area contributed by atoms with Crippen molar-refractivity contribution < 1.29 is 0 Å². The topological polar surface area (TPSA) is 3.24 Å². The number of para-hydroxylation sites is 1. The van der Waals surface area contributed by atoms with Crippen molar-refractivity contribution >= 4 is 39.6 Å². The Balaban J connectivity index is 1.23. The SMILES string of the molecule is CC1(C)c2ccccc2-c2ccc(N(c3ccccc3-c3ccccc3)c3cccc4c3C3(c5ccccc5Sc5ccc6ccccc6c53)c3ccccc3-4)cc21. The minimum Gasteiger partial charge on any atom is -0.310 e. The van der Waals surface area contributed by atoms with E-state index in [1.54, 1.807) is 0 Å². The molecular weight excluding hydrogens is 719 g/mol. The Labute approximate surface area is 344 Å². The summed E-state index contributed by atoms with van der Waals surface area (Å²) in [6.07, 6.45) is 0. The minimum atomic E-state index is -0.591. The second kappa shape index (κ2) is 12.4. The minimum absolute atomic E-state index is 0.153. The summed E-state index contributed by atoms with van der Waals surface area (Å²) in [6, 6.07) is 75.1. The van der Waals surface area contributed by atoms with E-state index >= 15 is 0 Å². The van der Waals surface area contributed by atoms with Gasteiger partial charge in [-0.2, -0.15) is 0 Å². The van der Waals surface area contributed by atoms with Gasteiger partial charge in [0, 0.05) is 32.0 Å². The lowest BCUT2D eigenvalue weighted by molar-refractivity contribution is 0.660. The fraction of sp³-hybridized carbons (Fsp3) is 0.0714. The molecule has 274 valence electrons. The summed E-state index contributed by atoms with van der Waals surface area (Å²) in [6.45, 7) is 4.77. The van der Waals surface area contributed by atoms with Crippen LogP contribution in [0.1, 0.15) is 47.2 Å². The molecule has 0 N–H and O–H groups in total. The van der Waals surface area contributed by atoms with E-state index in [9.17, 15) is 0 Å². The van der Waals surface area contributed by atoms with Crippen LogP contribution in [-0.4, -0.2) is 0 Å². The van der Waals surface area contributed by atoms with Crippen LogP contribution in [0.3, 0.4) is 0 Å². The van der Waals surface area contributed by atoms with E-state index in [1.807, 2.05) is 11.8 Å². The standard InChI is InChI=1S/C56H39NS/c1-55(2)45-25-11-8-22-41(45)43-33-32-38(35-48(43)55)57(49-28-14-10-20-39(49)36-17-4-3-5-18-36)50-29-16-24-44-42-23-9-12-26-46(42)56(53(44)50)47-27-13-15-30-51(47)58-52-34-31-37-19-6-7-21-40(37)54(52)56/h3-35H,1-2H3. The van der Waals surface area contributed by atoms with E-state index in [0.29, 0.717) is 0 Å². The van der Waals surface area contributed by atoms with Gasteiger partial charge in [-0.05, 0) is 103 Å². The van der Waals surface area contributed by atoms with Crippen molar-refractivity contribution in [3.05, 3.63) is 234 Å². The van der Waals surface area contributed by atoms with Gasteiger partial charge >= 0.3 is 0 Å². The molecule has 0 saturated heterocycles. The molecule has 2 heteroatoms. The highest BCUT2D eigenvalue weighted by Gasteiger charge is 2.53. The monoisotopic (exact) mass is 757 g/mol. The predicted octanol–water partition coefficient (Wildman–Crippen LogP) is 15.1. The van der Waals surface area contributed by atoms with Gasteiger partial charge in [0.1, 0.15) is 0 Å². The lowest BCUT2D eigenvalue weighted by Gasteiger charge is -2.42. The third-order valence-corrected chi connectivity index (χ3v) is 14.2. The van der Waals surface area contributed by atoms with Gasteiger partial charge in [0.05, 0.1) is 16.8 Å². The molecule has 0 radical (unpaired) electrons. The summed E-state index contributed by atoms with van der Waals surface area (Å²) in [5, 5.41) is 2.56. The van der Waals surface area contributed by atoms with E-state index in [-0.39, 0.29) is 5.41 Å². The first-order chi connectivity index (χ1) is 28.5. The summed E-state index contributed by atoms with van der Waals surface area (Å²) in [4.78, 5) is 5.20. The average molecular weight is 758 g/mol. The summed E-state index contributed by atoms with van der Waals surface area (Å²) in [7, 11) is 0. The predicted molar refractivity (Wildman–Crippen MR) is 243 cm³/mol. The molecule has 9 aromatic carbocycles. The Morgan fingerprint density at radius 2 is 1.02 bits per heavy atom. The Morgan fingerprint density at radius 1 is 0.397 bits per heavy atom. The van der Waals surface area contributed by atoms with Crippen molar-refractivity contribution in [3.63, 3.8) is 0 Å². The molecule has 1 spiro atoms. The molecule has 2 aliphatic carbocycles. The third-order valence-electron chi connectivity index (χ3n) is 13.1. The quantitative estimate of drug-likeness (QED) is 0.176. The molecule has 1 unspecified atom stereocenters. The molecule has 0 amide bonds. The van der Waals surface area contributed by atoms with Gasteiger partial charge in [-0.25, -0.2) is 0 Å². The lowest BCUT2D eigenvalue weighted by Crippen LogP contribution is -2.33. The molecule has 0 bridgehead atoms. The number of benzene rings is 9. The summed E-state index contributed by atoms with van der Waals surface area (Å²) < 4.78 is 0. The zero-order valence-corrected chi connectivity index (χ0v) is 33.2. The van der Waals surface area contributed by atoms with Gasteiger partial charge < -0.3 is 4.90 Å². The second-order valence-electron chi connectivity index (χ2n) is 16.4. The van der Waals surface area contributed by atoms with Crippen LogP contribution in [0.2, 0.25) is 0 Å². The van der Waals surface area contributed by atoms with Gasteiger partial charge in [-0.3, -0.25) is 0 Å². The molecule has 0 aromatic heterocycles. The molecule has 1 heterocycles. The molecule has 3 aliphatic rings. The van der Waals surface area contributed by atoms with Crippen molar-refractivity contribution in [1.29, 1.82) is 0 Å². The van der Waals surface area contributed by atoms with Gasteiger partial charge in [0.2, 0.25) is 0 Å². The summed E-state index contributed by atoms with van der Waals surface area (Å²) in [5.41, 5.74) is 18.5. The van der Waals surface area contributed by atoms with Crippen LogP contribution in [0.4, 0.5) is 17.1 Å². The van der Waals surface area contributed by atoms with Crippen LogP contribution in [0.5, 0.6) is 0 Å². The Kier molecular flexibility index (Phi) is 7.19. The van der Waals surface area contributed by atoms with Gasteiger partial charge in [0.25, 0.3) is 0 Å². The first kappa shape index (κ1) is 33.5. The maximum Gasteiger partial charge on any atom is 0.0762 e. The normalized spacial score (nSPS) is 16.2. The number of rotatable bonds is 4. The number of nitrogens with zero attached hydrogens (tertiary/aromatic N) is 1. The maximum atomic E-state index is 2.59. The fourth-order valence-electron chi connectivity index (χ4n) is 10.7. The van der Waals surface area contributed by atoms with Crippen LogP contribution < -0.4 is 4.90 Å². The summed E-state index contributed by atoms with van der Waals surface area (Å²) >= 11 is 1.91. The van der Waals surface area contributed by atoms with E-state index in [1.165, 1.54) is 93.0 Å². The molecule has 0 fully saturated rings. The molecule has 58 heavy (non-hydrogen) atoms. The first-order valence-electron chi connectivity index (χ1n) is 20.3. The highest BCUT2D eigenvalue weighted by Crippen LogP contribution is 2.66. The molecule has 9 aromatic rings. The zero-order valence-electron chi connectivity index (χ0n) is 32.4. The first-order valence-corrected chi connectivity index (χ1v) is 21.1. The zero-order chi connectivity index (χ0) is 38.6. The van der Waals surface area contributed by atoms with E-state index < -0.39 is 5.41 Å². The maximum absolute atomic E-state index is 2.59. The van der Waals surface area contributed by atoms with Crippen LogP contribution in [0, 0.1) is 0 Å². The third kappa shape index (κ3) is 4.50. The smallest absolute Gasteiger partial charge is 0.0762 e. The van der Waals surface area contributed by atoms with Crippen LogP contribution in [-0.2, 0) is 10.8 Å². The van der Waals surface area contributed by atoms with E-state index in [2.05, 4.69) is 219 Å². The van der Waals surface area contributed by atoms with Gasteiger partial charge in [-0.15, -0.1) is 0 Å². The Bertz CT molecular complexity index is 3140.